The summed E-state index contributed by atoms with van der Waals surface area (Å²) < 4.78 is 4.41. The monoisotopic (exact) mass is 320 g/mol. The number of carboxylic acid groups (broad SMARTS) is 3. The number of hydrogen-bond donors (Lipinski definition) is 3. The number of ether oxygens (including phenoxy) is 1. The average molecular weight is 320 g/mol. The van der Waals surface area contributed by atoms with Crippen LogP contribution in [0.2, 0.25) is 0 Å². The van der Waals surface area contributed by atoms with Crippen molar-refractivity contribution in [3.63, 3.8) is 0 Å². The lowest BCUT2D eigenvalue weighted by Crippen LogP contribution is -2.12. The molecule has 0 spiro atoms. The van der Waals surface area contributed by atoms with E-state index in [-0.39, 0.29) is 6.42 Å². The summed E-state index contributed by atoms with van der Waals surface area (Å²) in [5.41, 5.74) is 0. The highest BCUT2D eigenvalue weighted by Crippen LogP contribution is 2.14. The van der Waals surface area contributed by atoms with Crippen LogP contribution in [0.15, 0.2) is 11.2 Å². The maximum atomic E-state index is 11.2. The normalized spacial score (nSPS) is 10.8. The Bertz CT molecular complexity index is 480. The molecule has 0 heterocycles. The molecular weight excluding hydrogens is 308 g/mol. The molecule has 0 aliphatic rings. The summed E-state index contributed by atoms with van der Waals surface area (Å²) in [5.74, 6) is -5.93. The van der Waals surface area contributed by atoms with Gasteiger partial charge in [-0.2, -0.15) is 0 Å². The maximum absolute atomic E-state index is 11.2. The second-order valence-electron chi connectivity index (χ2n) is 3.54. The van der Waals surface area contributed by atoms with Crippen LogP contribution in [0, 0.1) is 0 Å². The smallest absolute Gasteiger partial charge is 0.372 e. The van der Waals surface area contributed by atoms with Gasteiger partial charge in [-0.05, 0) is 0 Å². The van der Waals surface area contributed by atoms with Gasteiger partial charge in [0, 0.05) is 11.8 Å². The highest BCUT2D eigenvalue weighted by Gasteiger charge is 2.16. The third-order valence-electron chi connectivity index (χ3n) is 1.82. The van der Waals surface area contributed by atoms with Gasteiger partial charge in [-0.15, -0.1) is 0 Å². The minimum atomic E-state index is -1.61. The molecule has 0 atom stereocenters. The first kappa shape index (κ1) is 18.6. The van der Waals surface area contributed by atoms with Gasteiger partial charge in [0.25, 0.3) is 0 Å². The number of hydrogen-bond acceptors (Lipinski definition) is 7. The summed E-state index contributed by atoms with van der Waals surface area (Å²) in [7, 11) is 0. The molecule has 0 radical (unpaired) electrons. The van der Waals surface area contributed by atoms with Crippen LogP contribution in [0.4, 0.5) is 0 Å². The number of carbonyl (C=O) groups excluding carboxylic acids is 2. The van der Waals surface area contributed by atoms with E-state index in [1.54, 1.807) is 0 Å². The van der Waals surface area contributed by atoms with Gasteiger partial charge in [0.1, 0.15) is 0 Å². The van der Waals surface area contributed by atoms with E-state index in [0.717, 1.165) is 5.41 Å². The Hall–Kier alpha value is -2.36. The van der Waals surface area contributed by atoms with E-state index in [0.29, 0.717) is 11.8 Å². The van der Waals surface area contributed by atoms with Gasteiger partial charge in [0.2, 0.25) is 5.76 Å². The number of aliphatic carboxylic acids is 3. The molecule has 0 saturated heterocycles. The summed E-state index contributed by atoms with van der Waals surface area (Å²) in [5, 5.41) is 25.6. The molecule has 0 amide bonds. The SMILES string of the molecule is O=C(O)CCC(=O)O/C(=C/SC(=O)CCC(=O)O)C(=O)O. The Labute approximate surface area is 122 Å². The highest BCUT2D eigenvalue weighted by molar-refractivity contribution is 8.16. The first-order valence-electron chi connectivity index (χ1n) is 5.49. The number of thioether (sulfide) groups is 1. The molecule has 0 aromatic heterocycles. The van der Waals surface area contributed by atoms with E-state index >= 15 is 0 Å². The fourth-order valence-electron chi connectivity index (χ4n) is 0.888. The van der Waals surface area contributed by atoms with Crippen LogP contribution in [-0.4, -0.2) is 44.3 Å². The van der Waals surface area contributed by atoms with Gasteiger partial charge < -0.3 is 20.1 Å². The van der Waals surface area contributed by atoms with Gasteiger partial charge in [0.05, 0.1) is 19.3 Å². The molecular formula is C11H12O9S. The van der Waals surface area contributed by atoms with Crippen molar-refractivity contribution in [2.45, 2.75) is 25.7 Å². The van der Waals surface area contributed by atoms with E-state index < -0.39 is 54.0 Å². The first-order chi connectivity index (χ1) is 9.72. The van der Waals surface area contributed by atoms with Gasteiger partial charge in [-0.25, -0.2) is 4.79 Å². The fourth-order valence-corrected chi connectivity index (χ4v) is 1.50. The molecule has 0 fully saturated rings. The minimum absolute atomic E-state index is 0.309. The number of carboxylic acids is 3. The van der Waals surface area contributed by atoms with Crippen LogP contribution >= 0.6 is 11.8 Å². The zero-order valence-corrected chi connectivity index (χ0v) is 11.4. The van der Waals surface area contributed by atoms with E-state index in [9.17, 15) is 24.0 Å². The molecule has 0 aliphatic carbocycles. The van der Waals surface area contributed by atoms with Crippen molar-refractivity contribution in [2.24, 2.45) is 0 Å². The lowest BCUT2D eigenvalue weighted by atomic mass is 10.3. The molecule has 0 unspecified atom stereocenters. The van der Waals surface area contributed by atoms with Crippen molar-refractivity contribution in [2.75, 3.05) is 0 Å². The first-order valence-corrected chi connectivity index (χ1v) is 6.37. The molecule has 21 heavy (non-hydrogen) atoms. The second kappa shape index (κ2) is 9.53. The zero-order valence-electron chi connectivity index (χ0n) is 10.6. The molecule has 0 saturated carbocycles. The van der Waals surface area contributed by atoms with Crippen LogP contribution in [0.5, 0.6) is 0 Å². The third kappa shape index (κ3) is 10.1. The molecule has 0 aliphatic heterocycles. The average Bonchev–Trinajstić information content (AvgIpc) is 2.38. The Kier molecular flexibility index (Phi) is 8.46. The Balaban J connectivity index is 4.46. The van der Waals surface area contributed by atoms with Crippen molar-refractivity contribution in [3.8, 4) is 0 Å². The quantitative estimate of drug-likeness (QED) is 0.309. The summed E-state index contributed by atoms with van der Waals surface area (Å²) in [6, 6.07) is 0. The number of esters is 1. The molecule has 0 aromatic rings. The van der Waals surface area contributed by atoms with E-state index in [2.05, 4.69) is 4.74 Å². The molecule has 0 rings (SSSR count). The summed E-state index contributed by atoms with van der Waals surface area (Å²) >= 11 is 0.383. The van der Waals surface area contributed by atoms with E-state index in [1.165, 1.54) is 0 Å². The standard InChI is InChI=1S/C11H12O9S/c12-7(13)1-3-9(16)20-6(11(18)19)5-21-10(17)4-2-8(14)15/h5H,1-4H2,(H,12,13)(H,14,15)(H,18,19)/b6-5+. The second-order valence-corrected chi connectivity index (χ2v) is 4.47. The molecule has 116 valence electrons. The lowest BCUT2D eigenvalue weighted by Gasteiger charge is -2.03. The van der Waals surface area contributed by atoms with Crippen LogP contribution in [0.25, 0.3) is 0 Å². The number of carbonyl (C=O) groups is 5. The predicted octanol–water partition coefficient (Wildman–Crippen LogP) is 0.445. The van der Waals surface area contributed by atoms with Crippen molar-refractivity contribution in [1.29, 1.82) is 0 Å². The zero-order chi connectivity index (χ0) is 16.4. The molecule has 0 aromatic carbocycles. The van der Waals surface area contributed by atoms with Crippen molar-refractivity contribution >= 4 is 40.8 Å². The van der Waals surface area contributed by atoms with Gasteiger partial charge >= 0.3 is 23.9 Å². The lowest BCUT2D eigenvalue weighted by molar-refractivity contribution is -0.149. The summed E-state index contributed by atoms with van der Waals surface area (Å²) in [6.07, 6.45) is -1.75. The molecule has 10 heteroatoms. The highest BCUT2D eigenvalue weighted by atomic mass is 32.2. The summed E-state index contributed by atoms with van der Waals surface area (Å²) in [6.45, 7) is 0. The van der Waals surface area contributed by atoms with E-state index in [1.807, 2.05) is 0 Å². The number of rotatable bonds is 9. The Morgan fingerprint density at radius 2 is 1.38 bits per heavy atom. The Morgan fingerprint density at radius 1 is 0.857 bits per heavy atom. The van der Waals surface area contributed by atoms with Gasteiger partial charge in [0.15, 0.2) is 5.12 Å². The third-order valence-corrected chi connectivity index (χ3v) is 2.62. The topological polar surface area (TPSA) is 155 Å². The molecule has 0 bridgehead atoms. The molecule has 9 nitrogen and oxygen atoms in total. The van der Waals surface area contributed by atoms with Crippen molar-refractivity contribution in [3.05, 3.63) is 11.2 Å². The Morgan fingerprint density at radius 3 is 1.86 bits per heavy atom. The van der Waals surface area contributed by atoms with Crippen LogP contribution in [0.1, 0.15) is 25.7 Å². The molecule has 3 N–H and O–H groups in total. The van der Waals surface area contributed by atoms with Crippen molar-refractivity contribution < 1.29 is 44.0 Å². The largest absolute Gasteiger partial charge is 0.481 e. The van der Waals surface area contributed by atoms with E-state index in [4.69, 9.17) is 15.3 Å². The summed E-state index contributed by atoms with van der Waals surface area (Å²) in [4.78, 5) is 53.6. The van der Waals surface area contributed by atoms with Crippen LogP contribution in [-0.2, 0) is 28.7 Å². The van der Waals surface area contributed by atoms with Crippen LogP contribution in [0.3, 0.4) is 0 Å². The maximum Gasteiger partial charge on any atom is 0.372 e. The van der Waals surface area contributed by atoms with Gasteiger partial charge in [-0.1, -0.05) is 11.8 Å². The van der Waals surface area contributed by atoms with Crippen LogP contribution < -0.4 is 0 Å². The van der Waals surface area contributed by atoms with Crippen molar-refractivity contribution in [1.82, 2.24) is 0 Å². The minimum Gasteiger partial charge on any atom is -0.481 e. The fraction of sp³-hybridized carbons (Fsp3) is 0.364. The predicted molar refractivity (Wildman–Crippen MR) is 68.1 cm³/mol. The van der Waals surface area contributed by atoms with Gasteiger partial charge in [-0.3, -0.25) is 19.2 Å².